The topological polar surface area (TPSA) is 50.8 Å². The number of carbonyl (C=O) groups is 1. The van der Waals surface area contributed by atoms with Crippen molar-refractivity contribution in [1.82, 2.24) is 9.80 Å². The van der Waals surface area contributed by atoms with Gasteiger partial charge in [0.1, 0.15) is 18.8 Å². The molecule has 1 atom stereocenters. The van der Waals surface area contributed by atoms with E-state index in [1.807, 2.05) is 4.90 Å². The lowest BCUT2D eigenvalue weighted by molar-refractivity contribution is 0.122. The number of quaternary nitrogens is 1. The second-order valence-electron chi connectivity index (χ2n) is 5.93. The molecule has 2 aliphatic rings. The normalized spacial score (nSPS) is 23.4. The van der Waals surface area contributed by atoms with E-state index >= 15 is 0 Å². The first-order valence-corrected chi connectivity index (χ1v) is 9.01. The predicted molar refractivity (Wildman–Crippen MR) is 98.8 cm³/mol. The van der Waals surface area contributed by atoms with Gasteiger partial charge >= 0.3 is 6.09 Å². The van der Waals surface area contributed by atoms with Gasteiger partial charge in [0, 0.05) is 25.2 Å². The number of alkyl halides is 1. The molecule has 0 unspecified atom stereocenters. The fourth-order valence-electron chi connectivity index (χ4n) is 3.07. The van der Waals surface area contributed by atoms with E-state index in [0.29, 0.717) is 49.2 Å². The van der Waals surface area contributed by atoms with Gasteiger partial charge in [0.05, 0.1) is 29.8 Å². The Balaban J connectivity index is 1.87. The van der Waals surface area contributed by atoms with Gasteiger partial charge in [-0.15, -0.1) is 11.6 Å². The Bertz CT molecular complexity index is 672. The average molecular weight is 389 g/mol. The second-order valence-corrected chi connectivity index (χ2v) is 6.69. The number of nitrogens with zero attached hydrogens (tertiary/aromatic N) is 2. The molecule has 0 saturated carbocycles. The second kappa shape index (κ2) is 7.82. The highest BCUT2D eigenvalue weighted by Gasteiger charge is 2.46. The monoisotopic (exact) mass is 388 g/mol. The molecule has 0 bridgehead atoms. The summed E-state index contributed by atoms with van der Waals surface area (Å²) in [7, 11) is 0. The Morgan fingerprint density at radius 1 is 1.36 bits per heavy atom. The molecule has 2 aliphatic heterocycles. The van der Waals surface area contributed by atoms with E-state index in [4.69, 9.17) is 33.3 Å². The Labute approximate surface area is 156 Å². The summed E-state index contributed by atoms with van der Waals surface area (Å²) in [5.41, 5.74) is 1.05. The minimum absolute atomic E-state index is 0.155. The molecule has 0 aromatic heterocycles. The van der Waals surface area contributed by atoms with E-state index in [1.54, 1.807) is 12.1 Å². The zero-order valence-electron chi connectivity index (χ0n) is 13.7. The van der Waals surface area contributed by atoms with Crippen LogP contribution in [0.5, 0.6) is 0 Å². The molecule has 1 N–H and O–H groups in total. The van der Waals surface area contributed by atoms with Crippen LogP contribution in [-0.4, -0.2) is 63.1 Å². The number of benzene rings is 1. The number of cyclic esters (lactones) is 1. The maximum atomic E-state index is 14.7. The molecule has 0 spiro atoms. The maximum Gasteiger partial charge on any atom is 0.523 e. The summed E-state index contributed by atoms with van der Waals surface area (Å²) in [6.07, 6.45) is -0.427. The summed E-state index contributed by atoms with van der Waals surface area (Å²) in [5, 5.41) is 2.96. The molecule has 136 valence electrons. The molecule has 3 rings (SSSR count). The van der Waals surface area contributed by atoms with Gasteiger partial charge in [-0.05, 0) is 6.07 Å². The van der Waals surface area contributed by atoms with Gasteiger partial charge in [-0.1, -0.05) is 12.2 Å². The smallest absolute Gasteiger partial charge is 0.414 e. The summed E-state index contributed by atoms with van der Waals surface area (Å²) in [5.74, 6) is -0.203. The lowest BCUT2D eigenvalue weighted by Crippen LogP contribution is -2.56. The first-order chi connectivity index (χ1) is 12.1. The third-order valence-electron chi connectivity index (χ3n) is 4.49. The minimum atomic E-state index is -0.427. The number of morpholine rings is 1. The zero-order valence-corrected chi connectivity index (χ0v) is 15.2. The number of thiocarbonyl (C=S) groups is 1. The van der Waals surface area contributed by atoms with E-state index in [0.717, 1.165) is 0 Å². The van der Waals surface area contributed by atoms with Crippen molar-refractivity contribution in [3.8, 4) is 0 Å². The number of anilines is 1. The molecule has 25 heavy (non-hydrogen) atoms. The Morgan fingerprint density at radius 3 is 2.72 bits per heavy atom. The van der Waals surface area contributed by atoms with E-state index in [-0.39, 0.29) is 29.5 Å². The summed E-state index contributed by atoms with van der Waals surface area (Å²) in [6, 6.07) is 4.89. The molecule has 2 saturated heterocycles. The lowest BCUT2D eigenvalue weighted by atomic mass is 10.2. The van der Waals surface area contributed by atoms with Crippen LogP contribution in [0, 0.1) is 5.82 Å². The van der Waals surface area contributed by atoms with Gasteiger partial charge in [-0.25, -0.2) is 4.39 Å². The number of hydrogen-bond acceptors (Lipinski definition) is 5. The van der Waals surface area contributed by atoms with Gasteiger partial charge in [-0.2, -0.15) is 9.28 Å². The van der Waals surface area contributed by atoms with E-state index < -0.39 is 6.09 Å². The highest BCUT2D eigenvalue weighted by Crippen LogP contribution is 2.32. The van der Waals surface area contributed by atoms with Crippen molar-refractivity contribution in [2.45, 2.75) is 0 Å². The summed E-state index contributed by atoms with van der Waals surface area (Å²) in [6.45, 7) is 3.31. The van der Waals surface area contributed by atoms with Gasteiger partial charge in [-0.3, -0.25) is 0 Å². The van der Waals surface area contributed by atoms with Gasteiger partial charge < -0.3 is 19.7 Å². The summed E-state index contributed by atoms with van der Waals surface area (Å²) in [4.78, 5) is 14.8. The molecule has 0 aliphatic carbocycles. The van der Waals surface area contributed by atoms with Crippen molar-refractivity contribution < 1.29 is 18.7 Å². The van der Waals surface area contributed by atoms with Crippen LogP contribution in [0.3, 0.4) is 0 Å². The number of nitrogens with one attached hydrogen (secondary N) is 1. The Morgan fingerprint density at radius 2 is 2.12 bits per heavy atom. The number of carbonyl (C=O) groups excluding carboxylic acids is 1. The van der Waals surface area contributed by atoms with Crippen molar-refractivity contribution in [1.29, 1.82) is 0 Å². The van der Waals surface area contributed by atoms with Crippen molar-refractivity contribution in [3.05, 3.63) is 24.0 Å². The molecule has 1 amide bonds. The van der Waals surface area contributed by atoms with Crippen LogP contribution in [0.25, 0.3) is 0 Å². The largest absolute Gasteiger partial charge is 0.523 e. The lowest BCUT2D eigenvalue weighted by Gasteiger charge is -2.31. The quantitative estimate of drug-likeness (QED) is 0.474. The van der Waals surface area contributed by atoms with Gasteiger partial charge in [0.25, 0.3) is 0 Å². The van der Waals surface area contributed by atoms with Crippen LogP contribution < -0.4 is 14.7 Å². The van der Waals surface area contributed by atoms with Crippen molar-refractivity contribution in [3.63, 3.8) is 0 Å². The van der Waals surface area contributed by atoms with Crippen LogP contribution in [0.1, 0.15) is 0 Å². The molecule has 9 heteroatoms. The maximum absolute atomic E-state index is 14.7. The van der Waals surface area contributed by atoms with Crippen LogP contribution >= 0.6 is 23.8 Å². The Kier molecular flexibility index (Phi) is 5.73. The van der Waals surface area contributed by atoms with Crippen molar-refractivity contribution >= 4 is 46.3 Å². The highest BCUT2D eigenvalue weighted by atomic mass is 35.5. The summed E-state index contributed by atoms with van der Waals surface area (Å²) < 4.78 is 25.0. The number of halogens is 2. The van der Waals surface area contributed by atoms with Gasteiger partial charge in [0.2, 0.25) is 0 Å². The minimum Gasteiger partial charge on any atom is -0.414 e. The molecule has 2 fully saturated rings. The molecule has 1 aromatic carbocycles. The van der Waals surface area contributed by atoms with Crippen LogP contribution in [0.15, 0.2) is 18.2 Å². The molecular weight excluding hydrogens is 369 g/mol. The fourth-order valence-corrected chi connectivity index (χ4v) is 3.23. The third kappa shape index (κ3) is 3.72. The molecule has 0 radical (unpaired) electrons. The zero-order chi connectivity index (χ0) is 17.9. The van der Waals surface area contributed by atoms with E-state index in [1.165, 1.54) is 6.07 Å². The van der Waals surface area contributed by atoms with Crippen LogP contribution in [0.4, 0.5) is 20.6 Å². The molecule has 2 heterocycles. The predicted octanol–water partition coefficient (Wildman–Crippen LogP) is 2.23. The van der Waals surface area contributed by atoms with Crippen LogP contribution in [0.2, 0.25) is 0 Å². The highest BCUT2D eigenvalue weighted by molar-refractivity contribution is 7.80. The number of ether oxygens (including phenoxy) is 2. The first kappa shape index (κ1) is 18.3. The molecule has 6 nitrogen and oxygen atoms in total. The van der Waals surface area contributed by atoms with E-state index in [9.17, 15) is 9.18 Å². The number of amides is 1. The Hall–Kier alpha value is -1.48. The summed E-state index contributed by atoms with van der Waals surface area (Å²) >= 11 is 10.8. The standard InChI is InChI=1S/C16H19ClFN3O3S/c17-10-15(25)19-11-21(5-8-24-16(21)22)12-1-2-14(13(18)9-12)20-3-6-23-7-4-20/h1-2,9H,3-8,10-11H2/p+1/t21-/m1/s1. The molecular formula is C16H20ClFN3O3S+. The number of hydrogen-bond donors (Lipinski definition) is 1. The van der Waals surface area contributed by atoms with Crippen molar-refractivity contribution in [2.75, 3.05) is 56.9 Å². The van der Waals surface area contributed by atoms with Crippen molar-refractivity contribution in [2.24, 2.45) is 0 Å². The average Bonchev–Trinajstić information content (AvgIpc) is 3.02. The van der Waals surface area contributed by atoms with E-state index in [2.05, 4.69) is 5.32 Å². The third-order valence-corrected chi connectivity index (χ3v) is 5.21. The fraction of sp³-hybridized carbons (Fsp3) is 0.500. The SMILES string of the molecule is O=C1OCC[N@@+]1(CNC(=S)CCl)c1ccc(N2CCOCC2)c(F)c1. The van der Waals surface area contributed by atoms with Crippen LogP contribution in [-0.2, 0) is 9.47 Å². The first-order valence-electron chi connectivity index (χ1n) is 8.07. The number of rotatable bonds is 5. The molecule has 1 aromatic rings. The van der Waals surface area contributed by atoms with Gasteiger partial charge in [0.15, 0.2) is 12.5 Å².